The highest BCUT2D eigenvalue weighted by molar-refractivity contribution is 5.51. The minimum atomic E-state index is 0.0503. The average molecular weight is 251 g/mol. The molecule has 0 saturated carbocycles. The normalized spacial score (nSPS) is 17.8. The number of anilines is 1. The summed E-state index contributed by atoms with van der Waals surface area (Å²) >= 11 is 0. The van der Waals surface area contributed by atoms with E-state index >= 15 is 0 Å². The first-order valence-corrected chi connectivity index (χ1v) is 6.47. The monoisotopic (exact) mass is 251 g/mol. The molecule has 1 saturated heterocycles. The zero-order chi connectivity index (χ0) is 12.8. The first-order chi connectivity index (χ1) is 8.85. The molecule has 1 aromatic rings. The molecule has 0 unspecified atom stereocenters. The van der Waals surface area contributed by atoms with Crippen LogP contribution in [-0.4, -0.2) is 59.4 Å². The van der Waals surface area contributed by atoms with Gasteiger partial charge in [0.05, 0.1) is 25.1 Å². The zero-order valence-corrected chi connectivity index (χ0v) is 10.6. The number of β-amino-alcohol motifs (C(OH)–C–C–N with tert-alkyl or cyclic N) is 1. The smallest absolute Gasteiger partial charge is 0.0703 e. The van der Waals surface area contributed by atoms with Crippen LogP contribution >= 0.6 is 0 Å². The maximum Gasteiger partial charge on any atom is 0.0703 e. The lowest BCUT2D eigenvalue weighted by atomic mass is 10.2. The lowest BCUT2D eigenvalue weighted by Gasteiger charge is -2.25. The van der Waals surface area contributed by atoms with Crippen LogP contribution in [0.1, 0.15) is 12.0 Å². The summed E-state index contributed by atoms with van der Waals surface area (Å²) in [5.74, 6) is 0. The molecule has 0 atom stereocenters. The summed E-state index contributed by atoms with van der Waals surface area (Å²) in [4.78, 5) is 8.69. The lowest BCUT2D eigenvalue weighted by Crippen LogP contribution is -2.32. The molecule has 2 N–H and O–H groups in total. The van der Waals surface area contributed by atoms with Crippen molar-refractivity contribution in [1.82, 2.24) is 9.88 Å². The van der Waals surface area contributed by atoms with Crippen LogP contribution in [0, 0.1) is 0 Å². The van der Waals surface area contributed by atoms with Gasteiger partial charge in [-0.25, -0.2) is 0 Å². The second kappa shape index (κ2) is 6.68. The fourth-order valence-electron chi connectivity index (χ4n) is 2.41. The van der Waals surface area contributed by atoms with Crippen LogP contribution in [0.25, 0.3) is 0 Å². The highest BCUT2D eigenvalue weighted by atomic mass is 16.3. The number of aliphatic hydroxyl groups is 2. The first-order valence-electron chi connectivity index (χ1n) is 6.47. The molecular weight excluding hydrogens is 230 g/mol. The Balaban J connectivity index is 2.05. The van der Waals surface area contributed by atoms with E-state index in [0.29, 0.717) is 0 Å². The predicted octanol–water partition coefficient (Wildman–Crippen LogP) is 0.0783. The summed E-state index contributed by atoms with van der Waals surface area (Å²) in [6.07, 6.45) is 4.61. The molecule has 1 aromatic heterocycles. The minimum absolute atomic E-state index is 0.0503. The lowest BCUT2D eigenvalue weighted by molar-refractivity contribution is 0.204. The van der Waals surface area contributed by atoms with Gasteiger partial charge in [0, 0.05) is 37.9 Å². The molecule has 1 aliphatic heterocycles. The van der Waals surface area contributed by atoms with Crippen molar-refractivity contribution in [1.29, 1.82) is 0 Å². The summed E-state index contributed by atoms with van der Waals surface area (Å²) in [5, 5.41) is 18.3. The fraction of sp³-hybridized carbons (Fsp3) is 0.615. The van der Waals surface area contributed by atoms with E-state index in [0.717, 1.165) is 50.4 Å². The van der Waals surface area contributed by atoms with Gasteiger partial charge in [0.1, 0.15) is 0 Å². The van der Waals surface area contributed by atoms with Crippen molar-refractivity contribution in [3.05, 3.63) is 24.0 Å². The predicted molar refractivity (Wildman–Crippen MR) is 70.5 cm³/mol. The number of rotatable bonds is 4. The van der Waals surface area contributed by atoms with Crippen LogP contribution in [0.15, 0.2) is 18.5 Å². The molecule has 18 heavy (non-hydrogen) atoms. The van der Waals surface area contributed by atoms with Crippen LogP contribution < -0.4 is 4.90 Å². The topological polar surface area (TPSA) is 59.8 Å². The number of pyridine rings is 1. The molecule has 1 fully saturated rings. The van der Waals surface area contributed by atoms with E-state index in [1.165, 1.54) is 0 Å². The van der Waals surface area contributed by atoms with Crippen LogP contribution in [0.2, 0.25) is 0 Å². The van der Waals surface area contributed by atoms with Gasteiger partial charge in [0.2, 0.25) is 0 Å². The van der Waals surface area contributed by atoms with E-state index in [-0.39, 0.29) is 13.2 Å². The van der Waals surface area contributed by atoms with E-state index < -0.39 is 0 Å². The summed E-state index contributed by atoms with van der Waals surface area (Å²) in [6, 6.07) is 1.87. The van der Waals surface area contributed by atoms with Gasteiger partial charge in [0.15, 0.2) is 0 Å². The molecule has 1 aliphatic rings. The standard InChI is InChI=1S/C13H21N3O2/c17-9-8-15-4-1-5-16(7-6-15)13-10-14-3-2-12(13)11-18/h2-3,10,17-18H,1,4-9,11H2. The highest BCUT2D eigenvalue weighted by Crippen LogP contribution is 2.20. The molecule has 0 aliphatic carbocycles. The van der Waals surface area contributed by atoms with Crippen molar-refractivity contribution in [3.63, 3.8) is 0 Å². The van der Waals surface area contributed by atoms with E-state index in [2.05, 4.69) is 14.8 Å². The summed E-state index contributed by atoms with van der Waals surface area (Å²) < 4.78 is 0. The van der Waals surface area contributed by atoms with Gasteiger partial charge in [-0.05, 0) is 19.0 Å². The SMILES string of the molecule is OCCN1CCCN(c2cnccc2CO)CC1. The van der Waals surface area contributed by atoms with Crippen molar-refractivity contribution in [2.24, 2.45) is 0 Å². The number of nitrogens with zero attached hydrogens (tertiary/aromatic N) is 3. The number of hydrogen-bond donors (Lipinski definition) is 2. The van der Waals surface area contributed by atoms with E-state index in [1.807, 2.05) is 12.3 Å². The van der Waals surface area contributed by atoms with Crippen LogP contribution in [0.4, 0.5) is 5.69 Å². The molecule has 0 radical (unpaired) electrons. The highest BCUT2D eigenvalue weighted by Gasteiger charge is 2.16. The summed E-state index contributed by atoms with van der Waals surface area (Å²) in [5.41, 5.74) is 1.96. The molecule has 5 nitrogen and oxygen atoms in total. The Labute approximate surface area is 108 Å². The second-order valence-corrected chi connectivity index (χ2v) is 4.57. The maximum absolute atomic E-state index is 9.36. The van der Waals surface area contributed by atoms with Gasteiger partial charge in [0.25, 0.3) is 0 Å². The Kier molecular flexibility index (Phi) is 4.92. The van der Waals surface area contributed by atoms with E-state index in [9.17, 15) is 5.11 Å². The Bertz CT molecular complexity index is 373. The van der Waals surface area contributed by atoms with Crippen LogP contribution in [0.5, 0.6) is 0 Å². The van der Waals surface area contributed by atoms with Gasteiger partial charge < -0.3 is 15.1 Å². The van der Waals surface area contributed by atoms with Crippen molar-refractivity contribution < 1.29 is 10.2 Å². The minimum Gasteiger partial charge on any atom is -0.395 e. The van der Waals surface area contributed by atoms with Crippen molar-refractivity contribution in [2.45, 2.75) is 13.0 Å². The third kappa shape index (κ3) is 3.19. The number of aromatic nitrogens is 1. The van der Waals surface area contributed by atoms with Crippen molar-refractivity contribution >= 4 is 5.69 Å². The van der Waals surface area contributed by atoms with Crippen LogP contribution in [0.3, 0.4) is 0 Å². The summed E-state index contributed by atoms with van der Waals surface area (Å²) in [7, 11) is 0. The third-order valence-electron chi connectivity index (χ3n) is 3.40. The quantitative estimate of drug-likeness (QED) is 0.793. The van der Waals surface area contributed by atoms with E-state index in [4.69, 9.17) is 5.11 Å². The molecule has 5 heteroatoms. The Hall–Kier alpha value is -1.17. The third-order valence-corrected chi connectivity index (χ3v) is 3.40. The molecule has 0 spiro atoms. The van der Waals surface area contributed by atoms with Crippen molar-refractivity contribution in [2.75, 3.05) is 44.2 Å². The maximum atomic E-state index is 9.36. The molecule has 0 aromatic carbocycles. The Morgan fingerprint density at radius 1 is 1.17 bits per heavy atom. The van der Waals surface area contributed by atoms with Gasteiger partial charge in [-0.3, -0.25) is 9.88 Å². The molecule has 2 heterocycles. The van der Waals surface area contributed by atoms with Gasteiger partial charge in [-0.2, -0.15) is 0 Å². The molecule has 100 valence electrons. The van der Waals surface area contributed by atoms with Crippen LogP contribution in [-0.2, 0) is 6.61 Å². The Morgan fingerprint density at radius 3 is 2.83 bits per heavy atom. The van der Waals surface area contributed by atoms with Gasteiger partial charge >= 0.3 is 0 Å². The fourth-order valence-corrected chi connectivity index (χ4v) is 2.41. The van der Waals surface area contributed by atoms with E-state index in [1.54, 1.807) is 6.20 Å². The van der Waals surface area contributed by atoms with Gasteiger partial charge in [-0.15, -0.1) is 0 Å². The molecular formula is C13H21N3O2. The molecule has 2 rings (SSSR count). The van der Waals surface area contributed by atoms with Crippen molar-refractivity contribution in [3.8, 4) is 0 Å². The zero-order valence-electron chi connectivity index (χ0n) is 10.6. The average Bonchev–Trinajstić information content (AvgIpc) is 2.65. The number of aliphatic hydroxyl groups excluding tert-OH is 2. The Morgan fingerprint density at radius 2 is 2.06 bits per heavy atom. The second-order valence-electron chi connectivity index (χ2n) is 4.57. The largest absolute Gasteiger partial charge is 0.395 e. The molecule has 0 amide bonds. The first kappa shape index (κ1) is 13.3. The number of hydrogen-bond acceptors (Lipinski definition) is 5. The molecule has 0 bridgehead atoms. The summed E-state index contributed by atoms with van der Waals surface area (Å²) in [6.45, 7) is 4.86. The van der Waals surface area contributed by atoms with Gasteiger partial charge in [-0.1, -0.05) is 0 Å².